The highest BCUT2D eigenvalue weighted by molar-refractivity contribution is 5.96. The van der Waals surface area contributed by atoms with Gasteiger partial charge in [0.15, 0.2) is 0 Å². The Morgan fingerprint density at radius 1 is 1.39 bits per heavy atom. The highest BCUT2D eigenvalue weighted by Crippen LogP contribution is 2.29. The van der Waals surface area contributed by atoms with Crippen LogP contribution in [-0.4, -0.2) is 49.6 Å². The van der Waals surface area contributed by atoms with Gasteiger partial charge in [-0.05, 0) is 39.2 Å². The molecule has 1 aromatic rings. The summed E-state index contributed by atoms with van der Waals surface area (Å²) in [5.41, 5.74) is 0.606. The van der Waals surface area contributed by atoms with E-state index in [1.165, 1.54) is 0 Å². The van der Waals surface area contributed by atoms with Crippen LogP contribution in [0.3, 0.4) is 0 Å². The minimum atomic E-state index is -0.0333. The van der Waals surface area contributed by atoms with Crippen LogP contribution in [0.5, 0.6) is 0 Å². The maximum atomic E-state index is 12.7. The number of aryl methyl sites for hydroxylation is 2. The molecule has 23 heavy (non-hydrogen) atoms. The lowest BCUT2D eigenvalue weighted by Crippen LogP contribution is -2.37. The van der Waals surface area contributed by atoms with E-state index >= 15 is 0 Å². The number of carbonyl (C=O) groups is 2. The number of amides is 2. The first kappa shape index (κ1) is 17.5. The summed E-state index contributed by atoms with van der Waals surface area (Å²) in [5, 5.41) is 2.85. The molecule has 0 aromatic carbocycles. The van der Waals surface area contributed by atoms with E-state index in [4.69, 9.17) is 9.15 Å². The zero-order valence-corrected chi connectivity index (χ0v) is 14.2. The number of nitrogens with one attached hydrogen (secondary N) is 1. The Kier molecular flexibility index (Phi) is 6.21. The van der Waals surface area contributed by atoms with E-state index in [0.29, 0.717) is 37.4 Å². The molecule has 0 aliphatic heterocycles. The zero-order chi connectivity index (χ0) is 16.8. The maximum absolute atomic E-state index is 12.7. The number of ether oxygens (including phenoxy) is 1. The smallest absolute Gasteiger partial charge is 0.257 e. The number of rotatable bonds is 9. The van der Waals surface area contributed by atoms with Gasteiger partial charge in [-0.3, -0.25) is 9.59 Å². The normalized spacial score (nSPS) is 13.9. The van der Waals surface area contributed by atoms with Gasteiger partial charge in [-0.1, -0.05) is 0 Å². The van der Waals surface area contributed by atoms with Crippen molar-refractivity contribution in [1.82, 2.24) is 10.2 Å². The third-order valence-electron chi connectivity index (χ3n) is 3.95. The summed E-state index contributed by atoms with van der Waals surface area (Å²) >= 11 is 0. The van der Waals surface area contributed by atoms with Crippen LogP contribution in [0.4, 0.5) is 0 Å². The Morgan fingerprint density at radius 3 is 2.70 bits per heavy atom. The summed E-state index contributed by atoms with van der Waals surface area (Å²) in [6.45, 7) is 5.31. The fourth-order valence-corrected chi connectivity index (χ4v) is 2.59. The SMILES string of the molecule is COCCCNC(=O)CCN(C(=O)c1cc(C)oc1C)C1CC1. The van der Waals surface area contributed by atoms with Crippen LogP contribution in [-0.2, 0) is 9.53 Å². The van der Waals surface area contributed by atoms with E-state index in [2.05, 4.69) is 5.32 Å². The van der Waals surface area contributed by atoms with Crippen LogP contribution < -0.4 is 5.32 Å². The van der Waals surface area contributed by atoms with Crippen molar-refractivity contribution in [3.63, 3.8) is 0 Å². The van der Waals surface area contributed by atoms with Crippen LogP contribution in [0.2, 0.25) is 0 Å². The average Bonchev–Trinajstić information content (AvgIpc) is 3.28. The lowest BCUT2D eigenvalue weighted by molar-refractivity contribution is -0.121. The van der Waals surface area contributed by atoms with Crippen molar-refractivity contribution in [2.45, 2.75) is 45.6 Å². The molecule has 0 radical (unpaired) electrons. The Bertz CT molecular complexity index is 549. The van der Waals surface area contributed by atoms with E-state index in [9.17, 15) is 9.59 Å². The van der Waals surface area contributed by atoms with Gasteiger partial charge >= 0.3 is 0 Å². The number of carbonyl (C=O) groups excluding carboxylic acids is 2. The molecule has 2 rings (SSSR count). The molecule has 1 heterocycles. The fraction of sp³-hybridized carbons (Fsp3) is 0.647. The van der Waals surface area contributed by atoms with Crippen molar-refractivity contribution in [1.29, 1.82) is 0 Å². The van der Waals surface area contributed by atoms with Crippen molar-refractivity contribution >= 4 is 11.8 Å². The molecule has 0 bridgehead atoms. The summed E-state index contributed by atoms with van der Waals surface area (Å²) in [5.74, 6) is 1.31. The molecule has 0 spiro atoms. The predicted molar refractivity (Wildman–Crippen MR) is 86.4 cm³/mol. The third-order valence-corrected chi connectivity index (χ3v) is 3.95. The molecule has 1 aliphatic carbocycles. The van der Waals surface area contributed by atoms with Gasteiger partial charge < -0.3 is 19.4 Å². The first-order valence-corrected chi connectivity index (χ1v) is 8.16. The van der Waals surface area contributed by atoms with Gasteiger partial charge in [-0.2, -0.15) is 0 Å². The van der Waals surface area contributed by atoms with Gasteiger partial charge in [0.1, 0.15) is 11.5 Å². The molecule has 1 saturated carbocycles. The number of methoxy groups -OCH3 is 1. The fourth-order valence-electron chi connectivity index (χ4n) is 2.59. The molecular weight excluding hydrogens is 296 g/mol. The second-order valence-electron chi connectivity index (χ2n) is 6.00. The average molecular weight is 322 g/mol. The number of hydrogen-bond donors (Lipinski definition) is 1. The summed E-state index contributed by atoms with van der Waals surface area (Å²) < 4.78 is 10.4. The highest BCUT2D eigenvalue weighted by atomic mass is 16.5. The van der Waals surface area contributed by atoms with E-state index in [-0.39, 0.29) is 17.9 Å². The Hall–Kier alpha value is -1.82. The summed E-state index contributed by atoms with van der Waals surface area (Å²) in [4.78, 5) is 26.4. The van der Waals surface area contributed by atoms with Crippen molar-refractivity contribution in [3.8, 4) is 0 Å². The molecule has 128 valence electrons. The largest absolute Gasteiger partial charge is 0.466 e. The molecule has 1 aromatic heterocycles. The molecule has 0 atom stereocenters. The van der Waals surface area contributed by atoms with Gasteiger partial charge in [0.2, 0.25) is 5.91 Å². The van der Waals surface area contributed by atoms with Crippen LogP contribution in [0, 0.1) is 13.8 Å². The number of hydrogen-bond acceptors (Lipinski definition) is 4. The standard InChI is InChI=1S/C17H26N2O4/c1-12-11-15(13(2)23-12)17(21)19(14-5-6-14)9-7-16(20)18-8-4-10-22-3/h11,14H,4-10H2,1-3H3,(H,18,20). The van der Waals surface area contributed by atoms with Gasteiger partial charge in [0, 0.05) is 39.3 Å². The molecule has 1 N–H and O–H groups in total. The molecule has 0 saturated heterocycles. The Morgan fingerprint density at radius 2 is 2.13 bits per heavy atom. The van der Waals surface area contributed by atoms with Gasteiger partial charge in [-0.25, -0.2) is 0 Å². The van der Waals surface area contributed by atoms with Crippen molar-refractivity contribution in [2.75, 3.05) is 26.8 Å². The molecule has 6 nitrogen and oxygen atoms in total. The minimum absolute atomic E-state index is 0.0281. The van der Waals surface area contributed by atoms with Crippen LogP contribution >= 0.6 is 0 Å². The minimum Gasteiger partial charge on any atom is -0.466 e. The molecule has 1 aliphatic rings. The maximum Gasteiger partial charge on any atom is 0.257 e. The first-order valence-electron chi connectivity index (χ1n) is 8.16. The van der Waals surface area contributed by atoms with E-state index < -0.39 is 0 Å². The quantitative estimate of drug-likeness (QED) is 0.706. The summed E-state index contributed by atoms with van der Waals surface area (Å²) in [6, 6.07) is 2.04. The monoisotopic (exact) mass is 322 g/mol. The van der Waals surface area contributed by atoms with Gasteiger partial charge in [0.25, 0.3) is 5.91 Å². The van der Waals surface area contributed by atoms with E-state index in [1.807, 2.05) is 11.8 Å². The van der Waals surface area contributed by atoms with E-state index in [1.54, 1.807) is 20.1 Å². The first-order chi connectivity index (χ1) is 11.0. The molecule has 6 heteroatoms. The topological polar surface area (TPSA) is 71.8 Å². The van der Waals surface area contributed by atoms with Gasteiger partial charge in [-0.15, -0.1) is 0 Å². The number of furan rings is 1. The van der Waals surface area contributed by atoms with Crippen LogP contribution in [0.15, 0.2) is 10.5 Å². The lowest BCUT2D eigenvalue weighted by Gasteiger charge is -2.22. The summed E-state index contributed by atoms with van der Waals surface area (Å²) in [7, 11) is 1.64. The second kappa shape index (κ2) is 8.15. The Labute approximate surface area is 137 Å². The van der Waals surface area contributed by atoms with Crippen LogP contribution in [0.1, 0.15) is 47.6 Å². The molecular formula is C17H26N2O4. The van der Waals surface area contributed by atoms with Crippen molar-refractivity contribution < 1.29 is 18.7 Å². The lowest BCUT2D eigenvalue weighted by atomic mass is 10.2. The van der Waals surface area contributed by atoms with Crippen molar-refractivity contribution in [2.24, 2.45) is 0 Å². The van der Waals surface area contributed by atoms with Crippen LogP contribution in [0.25, 0.3) is 0 Å². The summed E-state index contributed by atoms with van der Waals surface area (Å²) in [6.07, 6.45) is 3.14. The zero-order valence-electron chi connectivity index (χ0n) is 14.2. The highest BCUT2D eigenvalue weighted by Gasteiger charge is 2.34. The van der Waals surface area contributed by atoms with E-state index in [0.717, 1.165) is 25.0 Å². The Balaban J connectivity index is 1.86. The number of nitrogens with zero attached hydrogens (tertiary/aromatic N) is 1. The molecule has 2 amide bonds. The predicted octanol–water partition coefficient (Wildman–Crippen LogP) is 2.04. The molecule has 0 unspecified atom stereocenters. The molecule has 1 fully saturated rings. The second-order valence-corrected chi connectivity index (χ2v) is 6.00. The van der Waals surface area contributed by atoms with Crippen molar-refractivity contribution in [3.05, 3.63) is 23.2 Å². The third kappa shape index (κ3) is 5.10. The van der Waals surface area contributed by atoms with Gasteiger partial charge in [0.05, 0.1) is 5.56 Å².